The minimum Gasteiger partial charge on any atom is -0.465 e. The Hall–Kier alpha value is -1.66. The summed E-state index contributed by atoms with van der Waals surface area (Å²) < 4.78 is 18.4. The number of rotatable bonds is 4. The summed E-state index contributed by atoms with van der Waals surface area (Å²) in [5.41, 5.74) is 0.235. The molecule has 7 heteroatoms. The van der Waals surface area contributed by atoms with Gasteiger partial charge in [0.25, 0.3) is 0 Å². The Morgan fingerprint density at radius 2 is 1.96 bits per heavy atom. The molecule has 0 saturated carbocycles. The number of hydrogen-bond acceptors (Lipinski definition) is 4. The molecule has 0 aromatic heterocycles. The summed E-state index contributed by atoms with van der Waals surface area (Å²) in [6.45, 7) is 0. The molecule has 2 N–H and O–H groups in total. The summed E-state index contributed by atoms with van der Waals surface area (Å²) in [6.07, 6.45) is 4.73. The Morgan fingerprint density at radius 3 is 2.58 bits per heavy atom. The third-order valence-corrected chi connectivity index (χ3v) is 4.71. The number of fused-ring (bicyclic) bond motifs is 2. The third-order valence-electron chi connectivity index (χ3n) is 4.71. The molecular formula is C17H22ClFN2O3. The van der Waals surface area contributed by atoms with Crippen LogP contribution in [-0.2, 0) is 9.53 Å². The van der Waals surface area contributed by atoms with Crippen molar-refractivity contribution in [3.63, 3.8) is 0 Å². The highest BCUT2D eigenvalue weighted by molar-refractivity contribution is 5.94. The van der Waals surface area contributed by atoms with Crippen LogP contribution in [0.1, 0.15) is 42.5 Å². The largest absolute Gasteiger partial charge is 0.465 e. The zero-order valence-electron chi connectivity index (χ0n) is 13.5. The fourth-order valence-electron chi connectivity index (χ4n) is 3.67. The van der Waals surface area contributed by atoms with Crippen LogP contribution in [0.2, 0.25) is 0 Å². The van der Waals surface area contributed by atoms with E-state index in [4.69, 9.17) is 0 Å². The normalized spacial score (nSPS) is 24.8. The molecule has 0 radical (unpaired) electrons. The maximum absolute atomic E-state index is 13.8. The monoisotopic (exact) mass is 356 g/mol. The molecule has 2 unspecified atom stereocenters. The number of nitrogens with one attached hydrogen (secondary N) is 2. The minimum absolute atomic E-state index is 0. The molecule has 2 fully saturated rings. The van der Waals surface area contributed by atoms with Gasteiger partial charge in [0.1, 0.15) is 5.82 Å². The van der Waals surface area contributed by atoms with E-state index in [2.05, 4.69) is 15.4 Å². The smallest absolute Gasteiger partial charge is 0.337 e. The Kier molecular flexibility index (Phi) is 6.18. The first-order valence-electron chi connectivity index (χ1n) is 7.99. The number of anilines is 1. The number of hydrogen-bond donors (Lipinski definition) is 2. The molecule has 2 saturated heterocycles. The van der Waals surface area contributed by atoms with Crippen molar-refractivity contribution in [2.75, 3.05) is 12.4 Å². The number of piperidine rings is 1. The van der Waals surface area contributed by atoms with E-state index >= 15 is 0 Å². The van der Waals surface area contributed by atoms with Gasteiger partial charge in [0.15, 0.2) is 0 Å². The van der Waals surface area contributed by atoms with Gasteiger partial charge in [-0.2, -0.15) is 0 Å². The van der Waals surface area contributed by atoms with Gasteiger partial charge in [-0.05, 0) is 49.8 Å². The van der Waals surface area contributed by atoms with Crippen LogP contribution in [0, 0.1) is 11.7 Å². The van der Waals surface area contributed by atoms with Gasteiger partial charge >= 0.3 is 5.97 Å². The second-order valence-electron chi connectivity index (χ2n) is 6.41. The molecule has 2 atom stereocenters. The van der Waals surface area contributed by atoms with E-state index < -0.39 is 11.8 Å². The van der Waals surface area contributed by atoms with E-state index in [9.17, 15) is 14.0 Å². The summed E-state index contributed by atoms with van der Waals surface area (Å²) in [5.74, 6) is -0.996. The number of esters is 1. The van der Waals surface area contributed by atoms with Crippen LogP contribution in [0.4, 0.5) is 10.1 Å². The van der Waals surface area contributed by atoms with Gasteiger partial charge in [0, 0.05) is 18.5 Å². The molecule has 24 heavy (non-hydrogen) atoms. The van der Waals surface area contributed by atoms with Crippen molar-refractivity contribution in [3.05, 3.63) is 29.6 Å². The summed E-state index contributed by atoms with van der Waals surface area (Å²) in [4.78, 5) is 23.7. The highest BCUT2D eigenvalue weighted by Gasteiger charge is 2.34. The Bertz CT molecular complexity index is 614. The van der Waals surface area contributed by atoms with Crippen LogP contribution in [0.5, 0.6) is 0 Å². The number of amides is 1. The second kappa shape index (κ2) is 7.94. The molecular weight excluding hydrogens is 335 g/mol. The summed E-state index contributed by atoms with van der Waals surface area (Å²) in [7, 11) is 1.26. The number of benzene rings is 1. The zero-order valence-corrected chi connectivity index (χ0v) is 14.3. The summed E-state index contributed by atoms with van der Waals surface area (Å²) in [5, 5.41) is 6.12. The fraction of sp³-hybridized carbons (Fsp3) is 0.529. The first-order valence-corrected chi connectivity index (χ1v) is 7.99. The summed E-state index contributed by atoms with van der Waals surface area (Å²) in [6, 6.07) is 4.84. The van der Waals surface area contributed by atoms with Gasteiger partial charge in [-0.25, -0.2) is 9.18 Å². The van der Waals surface area contributed by atoms with Crippen molar-refractivity contribution in [2.45, 2.75) is 44.2 Å². The number of carbonyl (C=O) groups excluding carboxylic acids is 2. The highest BCUT2D eigenvalue weighted by atomic mass is 35.5. The number of methoxy groups -OCH3 is 1. The molecule has 2 aliphatic rings. The number of halogens is 2. The van der Waals surface area contributed by atoms with E-state index in [1.54, 1.807) is 0 Å². The maximum atomic E-state index is 13.8. The van der Waals surface area contributed by atoms with Crippen LogP contribution in [0.25, 0.3) is 0 Å². The lowest BCUT2D eigenvalue weighted by Gasteiger charge is -2.28. The number of ether oxygens (including phenoxy) is 1. The third kappa shape index (κ3) is 4.24. The van der Waals surface area contributed by atoms with Crippen molar-refractivity contribution < 1.29 is 18.7 Å². The zero-order chi connectivity index (χ0) is 16.4. The maximum Gasteiger partial charge on any atom is 0.337 e. The van der Waals surface area contributed by atoms with Crippen LogP contribution < -0.4 is 10.6 Å². The first-order chi connectivity index (χ1) is 11.0. The van der Waals surface area contributed by atoms with Crippen LogP contribution in [-0.4, -0.2) is 31.1 Å². The van der Waals surface area contributed by atoms with Crippen LogP contribution in [0.15, 0.2) is 18.2 Å². The van der Waals surface area contributed by atoms with Crippen molar-refractivity contribution in [3.8, 4) is 0 Å². The standard InChI is InChI=1S/C17H21FN2O3.ClH/c1-23-17(22)11-2-5-14(18)15(9-11)20-16(21)8-10-6-12-3-4-13(7-10)19-12;/h2,5,9-10,12-13,19H,3-4,6-8H2,1H3,(H,20,21);1H. The molecule has 3 rings (SSSR count). The molecule has 1 aromatic carbocycles. The molecule has 1 aromatic rings. The van der Waals surface area contributed by atoms with Gasteiger partial charge in [0.05, 0.1) is 18.4 Å². The van der Waals surface area contributed by atoms with Gasteiger partial charge < -0.3 is 15.4 Å². The predicted molar refractivity (Wildman–Crippen MR) is 90.9 cm³/mol. The summed E-state index contributed by atoms with van der Waals surface area (Å²) >= 11 is 0. The lowest BCUT2D eigenvalue weighted by molar-refractivity contribution is -0.117. The second-order valence-corrected chi connectivity index (χ2v) is 6.41. The minimum atomic E-state index is -0.560. The Labute approximate surface area is 146 Å². The van der Waals surface area contributed by atoms with Crippen LogP contribution in [0.3, 0.4) is 0 Å². The van der Waals surface area contributed by atoms with E-state index in [0.717, 1.165) is 18.9 Å². The lowest BCUT2D eigenvalue weighted by atomic mass is 9.89. The van der Waals surface area contributed by atoms with Crippen molar-refractivity contribution in [1.29, 1.82) is 0 Å². The van der Waals surface area contributed by atoms with E-state index in [1.807, 2.05) is 0 Å². The highest BCUT2D eigenvalue weighted by Crippen LogP contribution is 2.32. The van der Waals surface area contributed by atoms with Gasteiger partial charge in [-0.3, -0.25) is 4.79 Å². The van der Waals surface area contributed by atoms with E-state index in [-0.39, 0.29) is 29.6 Å². The molecule has 1 amide bonds. The fourth-order valence-corrected chi connectivity index (χ4v) is 3.67. The quantitative estimate of drug-likeness (QED) is 0.814. The molecule has 0 aliphatic carbocycles. The average Bonchev–Trinajstić information content (AvgIpc) is 2.87. The molecule has 2 aliphatic heterocycles. The Morgan fingerprint density at radius 1 is 1.29 bits per heavy atom. The van der Waals surface area contributed by atoms with Crippen molar-refractivity contribution in [1.82, 2.24) is 5.32 Å². The van der Waals surface area contributed by atoms with Crippen LogP contribution >= 0.6 is 12.4 Å². The van der Waals surface area contributed by atoms with E-state index in [1.165, 1.54) is 32.1 Å². The average molecular weight is 357 g/mol. The topological polar surface area (TPSA) is 67.4 Å². The number of carbonyl (C=O) groups is 2. The van der Waals surface area contributed by atoms with Crippen molar-refractivity contribution >= 4 is 30.0 Å². The van der Waals surface area contributed by atoms with Crippen molar-refractivity contribution in [2.24, 2.45) is 5.92 Å². The molecule has 0 spiro atoms. The molecule has 2 bridgehead atoms. The predicted octanol–water partition coefficient (Wildman–Crippen LogP) is 2.89. The van der Waals surface area contributed by atoms with E-state index in [0.29, 0.717) is 24.4 Å². The first kappa shape index (κ1) is 18.7. The van der Waals surface area contributed by atoms with Gasteiger partial charge in [-0.15, -0.1) is 12.4 Å². The lowest BCUT2D eigenvalue weighted by Crippen LogP contribution is -2.39. The molecule has 5 nitrogen and oxygen atoms in total. The SMILES string of the molecule is COC(=O)c1ccc(F)c(NC(=O)CC2CC3CCC(C2)N3)c1.Cl. The van der Waals surface area contributed by atoms with Gasteiger partial charge in [0.2, 0.25) is 5.91 Å². The molecule has 2 heterocycles. The van der Waals surface area contributed by atoms with Gasteiger partial charge in [-0.1, -0.05) is 0 Å². The Balaban J connectivity index is 0.00000208. The molecule has 132 valence electrons.